The minimum atomic E-state index is -5.08. The van der Waals surface area contributed by atoms with Gasteiger partial charge in [0.05, 0.1) is 19.4 Å². The third-order valence-corrected chi connectivity index (χ3v) is 2.92. The fourth-order valence-corrected chi connectivity index (χ4v) is 1.61. The van der Waals surface area contributed by atoms with Crippen LogP contribution in [0.25, 0.3) is 0 Å². The minimum absolute atomic E-state index is 0.0853. The van der Waals surface area contributed by atoms with Crippen molar-refractivity contribution in [2.75, 3.05) is 19.6 Å². The highest BCUT2D eigenvalue weighted by atomic mass is 19.4. The number of rotatable bonds is 9. The topological polar surface area (TPSA) is 217 Å². The van der Waals surface area contributed by atoms with Crippen LogP contribution in [0.1, 0.15) is 5.69 Å². The van der Waals surface area contributed by atoms with E-state index >= 15 is 0 Å². The van der Waals surface area contributed by atoms with Crippen LogP contribution in [-0.4, -0.2) is 81.7 Å². The van der Waals surface area contributed by atoms with Crippen LogP contribution in [0.5, 0.6) is 0 Å². The summed E-state index contributed by atoms with van der Waals surface area (Å²) in [5, 5.41) is 22.6. The SMILES string of the molecule is NCC(=O)NCC(=O)NC(Cc1cnc[nH]1)C(=O)NCC(=O)O.O=C(O)C(F)(F)F. The van der Waals surface area contributed by atoms with Crippen LogP contribution in [0.3, 0.4) is 0 Å². The number of aromatic nitrogens is 2. The third-order valence-electron chi connectivity index (χ3n) is 2.92. The highest BCUT2D eigenvalue weighted by Gasteiger charge is 2.38. The van der Waals surface area contributed by atoms with Crippen LogP contribution in [0.4, 0.5) is 13.2 Å². The molecule has 8 N–H and O–H groups in total. The lowest BCUT2D eigenvalue weighted by molar-refractivity contribution is -0.192. The Hall–Kier alpha value is -3.69. The Morgan fingerprint density at radius 3 is 2.13 bits per heavy atom. The Labute approximate surface area is 166 Å². The van der Waals surface area contributed by atoms with Crippen LogP contribution in [0.15, 0.2) is 12.5 Å². The molecule has 168 valence electrons. The number of carbonyl (C=O) groups is 5. The number of hydrogen-bond acceptors (Lipinski definition) is 7. The third kappa shape index (κ3) is 11.9. The number of nitrogens with one attached hydrogen (secondary N) is 4. The van der Waals surface area contributed by atoms with Gasteiger partial charge in [-0.3, -0.25) is 19.2 Å². The number of nitrogens with zero attached hydrogens (tertiary/aromatic N) is 1. The molecule has 1 heterocycles. The lowest BCUT2D eigenvalue weighted by atomic mass is 10.1. The van der Waals surface area contributed by atoms with Crippen molar-refractivity contribution in [3.05, 3.63) is 18.2 Å². The molecule has 0 spiro atoms. The number of carboxylic acids is 2. The highest BCUT2D eigenvalue weighted by Crippen LogP contribution is 2.13. The number of carboxylic acid groups (broad SMARTS) is 2. The van der Waals surface area contributed by atoms with E-state index in [9.17, 15) is 32.3 Å². The molecule has 0 aromatic carbocycles. The van der Waals surface area contributed by atoms with E-state index in [1.54, 1.807) is 0 Å². The van der Waals surface area contributed by atoms with Crippen LogP contribution in [0, 0.1) is 0 Å². The van der Waals surface area contributed by atoms with Crippen LogP contribution in [0.2, 0.25) is 0 Å². The first kappa shape index (κ1) is 26.3. The van der Waals surface area contributed by atoms with E-state index in [1.807, 2.05) is 0 Å². The molecule has 0 saturated heterocycles. The minimum Gasteiger partial charge on any atom is -0.480 e. The predicted octanol–water partition coefficient (Wildman–Crippen LogP) is -2.65. The number of carbonyl (C=O) groups excluding carboxylic acids is 3. The van der Waals surface area contributed by atoms with Gasteiger partial charge < -0.3 is 36.9 Å². The number of hydrogen-bond donors (Lipinski definition) is 7. The molecule has 1 unspecified atom stereocenters. The van der Waals surface area contributed by atoms with E-state index in [4.69, 9.17) is 20.7 Å². The summed E-state index contributed by atoms with van der Waals surface area (Å²) >= 11 is 0. The van der Waals surface area contributed by atoms with Gasteiger partial charge in [-0.05, 0) is 0 Å². The van der Waals surface area contributed by atoms with E-state index in [0.29, 0.717) is 5.69 Å². The van der Waals surface area contributed by atoms with Crippen molar-refractivity contribution in [2.45, 2.75) is 18.6 Å². The zero-order chi connectivity index (χ0) is 23.3. The van der Waals surface area contributed by atoms with Gasteiger partial charge in [-0.2, -0.15) is 13.2 Å². The molecule has 13 nitrogen and oxygen atoms in total. The lowest BCUT2D eigenvalue weighted by Crippen LogP contribution is -2.51. The maximum atomic E-state index is 12.0. The Kier molecular flexibility index (Phi) is 11.1. The van der Waals surface area contributed by atoms with Gasteiger partial charge in [-0.15, -0.1) is 0 Å². The first-order valence-electron chi connectivity index (χ1n) is 7.89. The molecule has 1 aromatic heterocycles. The second-order valence-corrected chi connectivity index (χ2v) is 5.30. The second-order valence-electron chi connectivity index (χ2n) is 5.30. The summed E-state index contributed by atoms with van der Waals surface area (Å²) in [5.41, 5.74) is 5.67. The number of alkyl halides is 3. The Bertz CT molecular complexity index is 739. The average molecular weight is 440 g/mol. The van der Waals surface area contributed by atoms with Crippen LogP contribution in [-0.2, 0) is 30.4 Å². The summed E-state index contributed by atoms with van der Waals surface area (Å²) in [4.78, 5) is 60.7. The summed E-state index contributed by atoms with van der Waals surface area (Å²) in [6.45, 7) is -1.18. The van der Waals surface area contributed by atoms with Crippen molar-refractivity contribution >= 4 is 29.7 Å². The molecule has 0 aliphatic carbocycles. The Morgan fingerprint density at radius 2 is 1.70 bits per heavy atom. The largest absolute Gasteiger partial charge is 0.490 e. The van der Waals surface area contributed by atoms with Gasteiger partial charge in [0.1, 0.15) is 12.6 Å². The molecule has 1 rings (SSSR count). The Morgan fingerprint density at radius 1 is 1.10 bits per heavy atom. The molecule has 0 aliphatic rings. The molecule has 30 heavy (non-hydrogen) atoms. The number of H-pyrrole nitrogens is 1. The van der Waals surface area contributed by atoms with E-state index in [2.05, 4.69) is 25.9 Å². The summed E-state index contributed by atoms with van der Waals surface area (Å²) in [7, 11) is 0. The average Bonchev–Trinajstić information content (AvgIpc) is 3.16. The quantitative estimate of drug-likeness (QED) is 0.213. The first-order valence-corrected chi connectivity index (χ1v) is 7.89. The van der Waals surface area contributed by atoms with Gasteiger partial charge in [-0.25, -0.2) is 9.78 Å². The van der Waals surface area contributed by atoms with E-state index in [0.717, 1.165) is 0 Å². The Balaban J connectivity index is 0.00000103. The number of imidazole rings is 1. The number of aliphatic carboxylic acids is 2. The maximum absolute atomic E-state index is 12.0. The van der Waals surface area contributed by atoms with Crippen molar-refractivity contribution < 1.29 is 47.4 Å². The molecule has 0 fully saturated rings. The molecular formula is C14H19F3N6O7. The van der Waals surface area contributed by atoms with Gasteiger partial charge in [0.15, 0.2) is 0 Å². The zero-order valence-electron chi connectivity index (χ0n) is 15.2. The summed E-state index contributed by atoms with van der Waals surface area (Å²) < 4.78 is 31.7. The summed E-state index contributed by atoms with van der Waals surface area (Å²) in [6.07, 6.45) is -2.12. The van der Waals surface area contributed by atoms with Crippen molar-refractivity contribution in [3.63, 3.8) is 0 Å². The summed E-state index contributed by atoms with van der Waals surface area (Å²) in [5.74, 6) is -5.75. The number of aromatic amines is 1. The van der Waals surface area contributed by atoms with E-state index < -0.39 is 48.4 Å². The van der Waals surface area contributed by atoms with Gasteiger partial charge in [-0.1, -0.05) is 0 Å². The molecule has 0 radical (unpaired) electrons. The maximum Gasteiger partial charge on any atom is 0.490 e. The molecule has 3 amide bonds. The van der Waals surface area contributed by atoms with Crippen molar-refractivity contribution in [3.8, 4) is 0 Å². The second kappa shape index (κ2) is 12.7. The van der Waals surface area contributed by atoms with Crippen LogP contribution >= 0.6 is 0 Å². The molecule has 0 bridgehead atoms. The smallest absolute Gasteiger partial charge is 0.480 e. The standard InChI is InChI=1S/C12H18N6O5.C2HF3O2/c13-2-9(19)15-4-10(20)18-8(1-7-3-14-6-17-7)12(23)16-5-11(21)22;3-2(4,5)1(6)7/h3,6,8H,1-2,4-5,13H2,(H,14,17)(H,15,19)(H,16,23)(H,18,20)(H,21,22);(H,6,7). The number of amides is 3. The van der Waals surface area contributed by atoms with Crippen molar-refractivity contribution in [1.29, 1.82) is 0 Å². The highest BCUT2D eigenvalue weighted by molar-refractivity contribution is 5.91. The normalized spacial score (nSPS) is 11.3. The molecular weight excluding hydrogens is 421 g/mol. The van der Waals surface area contributed by atoms with Crippen molar-refractivity contribution in [1.82, 2.24) is 25.9 Å². The van der Waals surface area contributed by atoms with Gasteiger partial charge in [0.2, 0.25) is 17.7 Å². The van der Waals surface area contributed by atoms with Gasteiger partial charge in [0.25, 0.3) is 0 Å². The molecule has 0 aliphatic heterocycles. The number of halogens is 3. The van der Waals surface area contributed by atoms with Crippen LogP contribution < -0.4 is 21.7 Å². The fraction of sp³-hybridized carbons (Fsp3) is 0.429. The number of nitrogens with two attached hydrogens (primary N) is 1. The van der Waals surface area contributed by atoms with Gasteiger partial charge in [0, 0.05) is 18.3 Å². The monoisotopic (exact) mass is 440 g/mol. The molecule has 0 saturated carbocycles. The predicted molar refractivity (Wildman–Crippen MR) is 90.6 cm³/mol. The van der Waals surface area contributed by atoms with E-state index in [1.165, 1.54) is 12.5 Å². The van der Waals surface area contributed by atoms with Crippen molar-refractivity contribution in [2.24, 2.45) is 5.73 Å². The zero-order valence-corrected chi connectivity index (χ0v) is 15.2. The lowest BCUT2D eigenvalue weighted by Gasteiger charge is -2.17. The molecule has 1 aromatic rings. The fourth-order valence-electron chi connectivity index (χ4n) is 1.61. The molecule has 16 heteroatoms. The van der Waals surface area contributed by atoms with E-state index in [-0.39, 0.29) is 19.5 Å². The molecule has 1 atom stereocenters. The van der Waals surface area contributed by atoms with Gasteiger partial charge >= 0.3 is 18.1 Å². The summed E-state index contributed by atoms with van der Waals surface area (Å²) in [6, 6.07) is -1.02. The first-order chi connectivity index (χ1) is 13.9.